The first-order valence-corrected chi connectivity index (χ1v) is 5.83. The Morgan fingerprint density at radius 2 is 2.24 bits per heavy atom. The van der Waals surface area contributed by atoms with Gasteiger partial charge >= 0.3 is 12.0 Å². The molecule has 0 radical (unpaired) electrons. The maximum Gasteiger partial charge on any atom is 0.326 e. The molecule has 0 aliphatic carbocycles. The number of hydrogen-bond acceptors (Lipinski definition) is 3. The monoisotopic (exact) mass is 244 g/mol. The molecule has 2 amide bonds. The van der Waals surface area contributed by atoms with E-state index in [-0.39, 0.29) is 12.1 Å². The van der Waals surface area contributed by atoms with Crippen LogP contribution in [0.2, 0.25) is 0 Å². The number of carbonyl (C=O) groups excluding carboxylic acids is 1. The van der Waals surface area contributed by atoms with Gasteiger partial charge in [0.15, 0.2) is 0 Å². The average Bonchev–Trinajstić information content (AvgIpc) is 2.35. The minimum Gasteiger partial charge on any atom is -0.480 e. The first-order chi connectivity index (χ1) is 7.99. The molecule has 1 aliphatic rings. The first kappa shape index (κ1) is 13.8. The van der Waals surface area contributed by atoms with Gasteiger partial charge in [0, 0.05) is 13.6 Å². The van der Waals surface area contributed by atoms with E-state index in [0.717, 1.165) is 6.42 Å². The zero-order valence-electron chi connectivity index (χ0n) is 10.5. The number of carbonyl (C=O) groups is 2. The summed E-state index contributed by atoms with van der Waals surface area (Å²) in [6.07, 6.45) is 0.807. The smallest absolute Gasteiger partial charge is 0.326 e. The van der Waals surface area contributed by atoms with E-state index in [9.17, 15) is 9.59 Å². The van der Waals surface area contributed by atoms with Gasteiger partial charge in [-0.15, -0.1) is 0 Å². The van der Waals surface area contributed by atoms with E-state index in [0.29, 0.717) is 19.8 Å². The average molecular weight is 244 g/mol. The van der Waals surface area contributed by atoms with Crippen molar-refractivity contribution in [2.24, 2.45) is 0 Å². The molecule has 0 spiro atoms. The van der Waals surface area contributed by atoms with Gasteiger partial charge < -0.3 is 19.6 Å². The highest BCUT2D eigenvalue weighted by Gasteiger charge is 2.31. The summed E-state index contributed by atoms with van der Waals surface area (Å²) in [6, 6.07) is -1.02. The molecule has 1 rings (SSSR count). The lowest BCUT2D eigenvalue weighted by molar-refractivity contribution is -0.141. The lowest BCUT2D eigenvalue weighted by atomic mass is 10.2. The normalized spacial score (nSPS) is 22.1. The van der Waals surface area contributed by atoms with Crippen LogP contribution < -0.4 is 0 Å². The van der Waals surface area contributed by atoms with Crippen LogP contribution in [0.3, 0.4) is 0 Å². The third kappa shape index (κ3) is 3.09. The molecule has 1 saturated heterocycles. The largest absolute Gasteiger partial charge is 0.480 e. The number of urea groups is 1. The molecule has 1 aliphatic heterocycles. The lowest BCUT2D eigenvalue weighted by Gasteiger charge is -2.38. The van der Waals surface area contributed by atoms with E-state index in [2.05, 4.69) is 0 Å². The number of rotatable bonds is 3. The highest BCUT2D eigenvalue weighted by molar-refractivity contribution is 5.82. The second-order valence-corrected chi connectivity index (χ2v) is 4.24. The molecule has 1 N–H and O–H groups in total. The Morgan fingerprint density at radius 3 is 2.76 bits per heavy atom. The highest BCUT2D eigenvalue weighted by atomic mass is 16.5. The Balaban J connectivity index is 2.70. The van der Waals surface area contributed by atoms with Crippen LogP contribution in [-0.4, -0.2) is 65.8 Å². The summed E-state index contributed by atoms with van der Waals surface area (Å²) >= 11 is 0. The first-order valence-electron chi connectivity index (χ1n) is 5.83. The van der Waals surface area contributed by atoms with Crippen molar-refractivity contribution in [3.05, 3.63) is 0 Å². The highest BCUT2D eigenvalue weighted by Crippen LogP contribution is 2.13. The molecule has 2 unspecified atom stereocenters. The van der Waals surface area contributed by atoms with Crippen LogP contribution in [0.15, 0.2) is 0 Å². The van der Waals surface area contributed by atoms with E-state index in [1.165, 1.54) is 18.9 Å². The van der Waals surface area contributed by atoms with E-state index in [1.54, 1.807) is 4.90 Å². The molecular formula is C11H20N2O4. The van der Waals surface area contributed by atoms with Crippen molar-refractivity contribution in [3.8, 4) is 0 Å². The van der Waals surface area contributed by atoms with Gasteiger partial charge in [-0.05, 0) is 13.3 Å². The van der Waals surface area contributed by atoms with Gasteiger partial charge in [0.05, 0.1) is 19.3 Å². The fourth-order valence-electron chi connectivity index (χ4n) is 1.78. The topological polar surface area (TPSA) is 70.1 Å². The van der Waals surface area contributed by atoms with Crippen molar-refractivity contribution in [2.75, 3.05) is 26.8 Å². The maximum atomic E-state index is 12.1. The fourth-order valence-corrected chi connectivity index (χ4v) is 1.78. The summed E-state index contributed by atoms with van der Waals surface area (Å²) in [5, 5.41) is 8.89. The molecule has 17 heavy (non-hydrogen) atoms. The maximum absolute atomic E-state index is 12.1. The molecule has 0 bridgehead atoms. The number of nitrogens with zero attached hydrogens (tertiary/aromatic N) is 2. The third-order valence-electron chi connectivity index (χ3n) is 3.18. The molecule has 0 aromatic carbocycles. The standard InChI is InChI=1S/C11H20N2O4/c1-4-9-7-17-6-5-13(9)11(16)12(3)8(2)10(14)15/h8-9H,4-7H2,1-3H3,(H,14,15). The number of aliphatic carboxylic acids is 1. The molecule has 0 aromatic heterocycles. The third-order valence-corrected chi connectivity index (χ3v) is 3.18. The molecule has 6 heteroatoms. The molecule has 1 heterocycles. The molecule has 1 fully saturated rings. The minimum absolute atomic E-state index is 0.0414. The SMILES string of the molecule is CCC1COCCN1C(=O)N(C)C(C)C(=O)O. The second-order valence-electron chi connectivity index (χ2n) is 4.24. The molecule has 2 atom stereocenters. The molecule has 0 saturated carbocycles. The predicted molar refractivity (Wildman–Crippen MR) is 61.9 cm³/mol. The Labute approximate surface area is 101 Å². The van der Waals surface area contributed by atoms with Gasteiger partial charge in [0.1, 0.15) is 6.04 Å². The van der Waals surface area contributed by atoms with E-state index in [1.807, 2.05) is 6.92 Å². The van der Waals surface area contributed by atoms with Crippen LogP contribution in [0.1, 0.15) is 20.3 Å². The van der Waals surface area contributed by atoms with Crippen LogP contribution in [0.4, 0.5) is 4.79 Å². The number of carboxylic acids is 1. The van der Waals surface area contributed by atoms with Gasteiger partial charge in [0.25, 0.3) is 0 Å². The fraction of sp³-hybridized carbons (Fsp3) is 0.818. The van der Waals surface area contributed by atoms with Crippen LogP contribution in [0, 0.1) is 0 Å². The van der Waals surface area contributed by atoms with Crippen molar-refractivity contribution < 1.29 is 19.4 Å². The number of likely N-dealkylation sites (N-methyl/N-ethyl adjacent to an activating group) is 1. The van der Waals surface area contributed by atoms with Crippen molar-refractivity contribution in [2.45, 2.75) is 32.4 Å². The lowest BCUT2D eigenvalue weighted by Crippen LogP contribution is -2.55. The Hall–Kier alpha value is -1.30. The summed E-state index contributed by atoms with van der Waals surface area (Å²) in [4.78, 5) is 25.9. The Morgan fingerprint density at radius 1 is 1.59 bits per heavy atom. The summed E-state index contributed by atoms with van der Waals surface area (Å²) in [6.45, 7) is 5.05. The van der Waals surface area contributed by atoms with E-state index < -0.39 is 12.0 Å². The quantitative estimate of drug-likeness (QED) is 0.790. The summed E-state index contributed by atoms with van der Waals surface area (Å²) in [5.74, 6) is -0.998. The zero-order valence-corrected chi connectivity index (χ0v) is 10.5. The van der Waals surface area contributed by atoms with E-state index in [4.69, 9.17) is 9.84 Å². The molecule has 98 valence electrons. The van der Waals surface area contributed by atoms with Crippen LogP contribution in [0.5, 0.6) is 0 Å². The van der Waals surface area contributed by atoms with Gasteiger partial charge in [-0.1, -0.05) is 6.92 Å². The predicted octanol–water partition coefficient (Wildman–Crippen LogP) is 0.622. The van der Waals surface area contributed by atoms with Crippen molar-refractivity contribution >= 4 is 12.0 Å². The number of ether oxygens (including phenoxy) is 1. The summed E-state index contributed by atoms with van der Waals surface area (Å²) in [5.41, 5.74) is 0. The van der Waals surface area contributed by atoms with Crippen molar-refractivity contribution in [1.82, 2.24) is 9.80 Å². The van der Waals surface area contributed by atoms with Gasteiger partial charge in [-0.3, -0.25) is 0 Å². The van der Waals surface area contributed by atoms with Crippen molar-refractivity contribution in [3.63, 3.8) is 0 Å². The summed E-state index contributed by atoms with van der Waals surface area (Å²) < 4.78 is 5.31. The van der Waals surface area contributed by atoms with E-state index >= 15 is 0 Å². The van der Waals surface area contributed by atoms with Crippen molar-refractivity contribution in [1.29, 1.82) is 0 Å². The van der Waals surface area contributed by atoms with Gasteiger partial charge in [0.2, 0.25) is 0 Å². The van der Waals surface area contributed by atoms with Crippen LogP contribution in [0.25, 0.3) is 0 Å². The zero-order chi connectivity index (χ0) is 13.0. The van der Waals surface area contributed by atoms with Crippen LogP contribution in [-0.2, 0) is 9.53 Å². The number of carboxylic acid groups (broad SMARTS) is 1. The number of morpholine rings is 1. The van der Waals surface area contributed by atoms with Gasteiger partial charge in [-0.25, -0.2) is 9.59 Å². The van der Waals surface area contributed by atoms with Gasteiger partial charge in [-0.2, -0.15) is 0 Å². The van der Waals surface area contributed by atoms with Crippen LogP contribution >= 0.6 is 0 Å². The Bertz CT molecular complexity index is 295. The molecule has 0 aromatic rings. The number of hydrogen-bond donors (Lipinski definition) is 1. The Kier molecular flexibility index (Phi) is 4.74. The number of amides is 2. The minimum atomic E-state index is -0.998. The second kappa shape index (κ2) is 5.86. The molecular weight excluding hydrogens is 224 g/mol. The summed E-state index contributed by atoms with van der Waals surface area (Å²) in [7, 11) is 1.52. The molecule has 6 nitrogen and oxygen atoms in total.